The maximum atomic E-state index is 13.0. The predicted octanol–water partition coefficient (Wildman–Crippen LogP) is 4.22. The van der Waals surface area contributed by atoms with E-state index in [2.05, 4.69) is 36.5 Å². The molecule has 1 aliphatic rings. The first-order chi connectivity index (χ1) is 14.2. The van der Waals surface area contributed by atoms with Crippen molar-refractivity contribution in [3.05, 3.63) is 69.7 Å². The van der Waals surface area contributed by atoms with Gasteiger partial charge in [0.2, 0.25) is 5.91 Å². The third-order valence-corrected chi connectivity index (χ3v) is 5.70. The van der Waals surface area contributed by atoms with Crippen LogP contribution in [0.15, 0.2) is 47.1 Å². The van der Waals surface area contributed by atoms with Crippen LogP contribution >= 0.6 is 15.9 Å². The maximum Gasteiger partial charge on any atom is 0.254 e. The van der Waals surface area contributed by atoms with E-state index >= 15 is 0 Å². The fourth-order valence-electron chi connectivity index (χ4n) is 3.58. The summed E-state index contributed by atoms with van der Waals surface area (Å²) >= 11 is 3.55. The number of benzene rings is 1. The van der Waals surface area contributed by atoms with Gasteiger partial charge >= 0.3 is 0 Å². The first-order valence-electron chi connectivity index (χ1n) is 9.45. The number of carbonyl (C=O) groups excluding carboxylic acids is 2. The third-order valence-electron chi connectivity index (χ3n) is 4.91. The highest BCUT2D eigenvalue weighted by atomic mass is 79.9. The van der Waals surface area contributed by atoms with Crippen molar-refractivity contribution in [2.75, 3.05) is 5.32 Å². The molecule has 2 amide bonds. The number of aromatic amines is 1. The van der Waals surface area contributed by atoms with Gasteiger partial charge in [-0.05, 0) is 59.6 Å². The maximum absolute atomic E-state index is 13.0. The summed E-state index contributed by atoms with van der Waals surface area (Å²) in [5.74, 6) is -0.330. The number of aromatic nitrogens is 2. The number of H-pyrrole nitrogens is 1. The summed E-state index contributed by atoms with van der Waals surface area (Å²) in [6.07, 6.45) is 2.39. The molecule has 0 atom stereocenters. The van der Waals surface area contributed by atoms with Crippen molar-refractivity contribution >= 4 is 33.6 Å². The van der Waals surface area contributed by atoms with Crippen molar-refractivity contribution < 1.29 is 14.0 Å². The van der Waals surface area contributed by atoms with Gasteiger partial charge in [0.05, 0.1) is 22.2 Å². The number of amides is 2. The van der Waals surface area contributed by atoms with E-state index in [1.54, 1.807) is 30.5 Å². The summed E-state index contributed by atoms with van der Waals surface area (Å²) in [7, 11) is 0. The Morgan fingerprint density at radius 1 is 1.27 bits per heavy atom. The average molecular weight is 471 g/mol. The highest BCUT2D eigenvalue weighted by molar-refractivity contribution is 9.10. The molecule has 0 bridgehead atoms. The van der Waals surface area contributed by atoms with Gasteiger partial charge in [-0.15, -0.1) is 0 Å². The minimum Gasteiger partial charge on any atom is -0.357 e. The molecular formula is C22H20BrFN4O2. The molecule has 3 N–H and O–H groups in total. The van der Waals surface area contributed by atoms with Crippen LogP contribution in [-0.2, 0) is 17.6 Å². The predicted molar refractivity (Wildman–Crippen MR) is 116 cm³/mol. The lowest BCUT2D eigenvalue weighted by Gasteiger charge is -2.30. The van der Waals surface area contributed by atoms with Crippen LogP contribution in [0.5, 0.6) is 0 Å². The molecule has 1 aromatic carbocycles. The molecule has 0 saturated carbocycles. The molecule has 0 saturated heterocycles. The molecule has 8 heteroatoms. The van der Waals surface area contributed by atoms with E-state index in [1.165, 1.54) is 12.1 Å². The highest BCUT2D eigenvalue weighted by Crippen LogP contribution is 2.37. The van der Waals surface area contributed by atoms with Crippen LogP contribution in [-0.4, -0.2) is 27.3 Å². The fourth-order valence-corrected chi connectivity index (χ4v) is 4.33. The van der Waals surface area contributed by atoms with Gasteiger partial charge in [0.15, 0.2) is 0 Å². The highest BCUT2D eigenvalue weighted by Gasteiger charge is 2.34. The van der Waals surface area contributed by atoms with E-state index in [0.717, 1.165) is 17.0 Å². The fraction of sp³-hybridized carbons (Fsp3) is 0.227. The minimum atomic E-state index is -0.343. The smallest absolute Gasteiger partial charge is 0.254 e. The Bertz CT molecular complexity index is 1140. The Kier molecular flexibility index (Phi) is 5.19. The van der Waals surface area contributed by atoms with Crippen molar-refractivity contribution in [3.8, 4) is 11.3 Å². The van der Waals surface area contributed by atoms with E-state index in [-0.39, 0.29) is 29.6 Å². The van der Waals surface area contributed by atoms with Crippen molar-refractivity contribution in [1.29, 1.82) is 0 Å². The molecule has 0 radical (unpaired) electrons. The Hall–Kier alpha value is -3.00. The number of halogens is 2. The number of nitrogens with zero attached hydrogens (tertiary/aromatic N) is 1. The molecule has 0 aliphatic carbocycles. The molecule has 154 valence electrons. The lowest BCUT2D eigenvalue weighted by Crippen LogP contribution is -2.49. The summed E-state index contributed by atoms with van der Waals surface area (Å²) in [6, 6.07) is 9.35. The van der Waals surface area contributed by atoms with E-state index in [4.69, 9.17) is 0 Å². The lowest BCUT2D eigenvalue weighted by atomic mass is 9.92. The Morgan fingerprint density at radius 2 is 2.00 bits per heavy atom. The monoisotopic (exact) mass is 470 g/mol. The normalized spacial score (nSPS) is 14.7. The summed E-state index contributed by atoms with van der Waals surface area (Å²) in [4.78, 5) is 32.4. The molecule has 2 aromatic heterocycles. The first-order valence-corrected chi connectivity index (χ1v) is 10.2. The molecule has 0 spiro atoms. The van der Waals surface area contributed by atoms with Gasteiger partial charge in [-0.1, -0.05) is 12.1 Å². The van der Waals surface area contributed by atoms with Crippen molar-refractivity contribution in [1.82, 2.24) is 15.3 Å². The van der Waals surface area contributed by atoms with Gasteiger partial charge in [-0.25, -0.2) is 9.37 Å². The number of anilines is 1. The molecule has 30 heavy (non-hydrogen) atoms. The van der Waals surface area contributed by atoms with Gasteiger partial charge < -0.3 is 15.6 Å². The number of hydrogen-bond acceptors (Lipinski definition) is 3. The van der Waals surface area contributed by atoms with Crippen molar-refractivity contribution in [3.63, 3.8) is 0 Å². The van der Waals surface area contributed by atoms with Crippen LogP contribution in [0.3, 0.4) is 0 Å². The van der Waals surface area contributed by atoms with Gasteiger partial charge in [-0.3, -0.25) is 9.59 Å². The lowest BCUT2D eigenvalue weighted by molar-refractivity contribution is -0.115. The molecule has 3 heterocycles. The second-order valence-electron chi connectivity index (χ2n) is 7.96. The Labute approximate surface area is 181 Å². The second kappa shape index (κ2) is 7.68. The summed E-state index contributed by atoms with van der Waals surface area (Å²) in [5.41, 5.74) is 3.38. The van der Waals surface area contributed by atoms with E-state index in [9.17, 15) is 14.0 Å². The summed E-state index contributed by atoms with van der Waals surface area (Å²) in [5, 5.41) is 5.77. The zero-order chi connectivity index (χ0) is 21.5. The number of pyridine rings is 1. The van der Waals surface area contributed by atoms with Crippen molar-refractivity contribution in [2.24, 2.45) is 0 Å². The van der Waals surface area contributed by atoms with E-state index < -0.39 is 0 Å². The Balaban J connectivity index is 1.56. The van der Waals surface area contributed by atoms with Crippen molar-refractivity contribution in [2.45, 2.75) is 32.2 Å². The third kappa shape index (κ3) is 4.14. The molecule has 0 fully saturated rings. The van der Waals surface area contributed by atoms with Gasteiger partial charge in [0.25, 0.3) is 5.91 Å². The second-order valence-corrected chi connectivity index (χ2v) is 8.76. The van der Waals surface area contributed by atoms with Gasteiger partial charge in [0.1, 0.15) is 11.6 Å². The molecule has 4 rings (SSSR count). The summed E-state index contributed by atoms with van der Waals surface area (Å²) < 4.78 is 13.7. The van der Waals surface area contributed by atoms with Crippen LogP contribution in [0, 0.1) is 5.82 Å². The largest absolute Gasteiger partial charge is 0.357 e. The average Bonchev–Trinajstić information content (AvgIpc) is 2.99. The number of rotatable bonds is 4. The zero-order valence-corrected chi connectivity index (χ0v) is 18.1. The molecule has 1 aliphatic heterocycles. The first kappa shape index (κ1) is 20.3. The van der Waals surface area contributed by atoms with Gasteiger partial charge in [0, 0.05) is 29.4 Å². The molecule has 6 nitrogen and oxygen atoms in total. The van der Waals surface area contributed by atoms with Crippen LogP contribution in [0.4, 0.5) is 10.2 Å². The number of hydrogen-bond donors (Lipinski definition) is 3. The SMILES string of the molecule is CC1(C)Cc2[nH]c(-c3ccnc(NC(=O)Cc4ccc(F)cc4)c3)c(Br)c2C(=O)N1. The van der Waals surface area contributed by atoms with E-state index in [1.807, 2.05) is 13.8 Å². The standard InChI is InChI=1S/C22H20BrFN4O2/c1-22(2)11-15-18(21(30)28-22)19(23)20(26-15)13-7-8-25-16(10-13)27-17(29)9-12-3-5-14(24)6-4-12/h3-8,10,26H,9,11H2,1-2H3,(H,28,30)(H,25,27,29). The topological polar surface area (TPSA) is 86.9 Å². The molecule has 0 unspecified atom stereocenters. The van der Waals surface area contributed by atoms with Crippen LogP contribution in [0.1, 0.15) is 35.5 Å². The quantitative estimate of drug-likeness (QED) is 0.533. The Morgan fingerprint density at radius 3 is 2.73 bits per heavy atom. The number of fused-ring (bicyclic) bond motifs is 1. The number of carbonyl (C=O) groups is 2. The van der Waals surface area contributed by atoms with Gasteiger partial charge in [-0.2, -0.15) is 0 Å². The summed E-state index contributed by atoms with van der Waals surface area (Å²) in [6.45, 7) is 3.95. The zero-order valence-electron chi connectivity index (χ0n) is 16.5. The molecular weight excluding hydrogens is 451 g/mol. The number of nitrogens with one attached hydrogen (secondary N) is 3. The van der Waals surface area contributed by atoms with Crippen LogP contribution in [0.25, 0.3) is 11.3 Å². The van der Waals surface area contributed by atoms with Crippen LogP contribution in [0.2, 0.25) is 0 Å². The minimum absolute atomic E-state index is 0.113. The van der Waals surface area contributed by atoms with Crippen LogP contribution < -0.4 is 10.6 Å². The molecule has 3 aromatic rings. The van der Waals surface area contributed by atoms with E-state index in [0.29, 0.717) is 27.8 Å².